The zero-order valence-corrected chi connectivity index (χ0v) is 10.7. The van der Waals surface area contributed by atoms with E-state index in [0.717, 1.165) is 22.3 Å². The van der Waals surface area contributed by atoms with E-state index in [4.69, 9.17) is 10.00 Å². The average molecular weight is 240 g/mol. The highest BCUT2D eigenvalue weighted by molar-refractivity contribution is 5.80. The van der Waals surface area contributed by atoms with Gasteiger partial charge in [0.15, 0.2) is 0 Å². The smallest absolute Gasteiger partial charge is 0.120 e. The summed E-state index contributed by atoms with van der Waals surface area (Å²) < 4.78 is 5.65. The molecule has 0 unspecified atom stereocenters. The molecular formula is C15H16N2O. The van der Waals surface area contributed by atoms with E-state index in [0.29, 0.717) is 12.8 Å². The Morgan fingerprint density at radius 3 is 2.83 bits per heavy atom. The fourth-order valence-corrected chi connectivity index (χ4v) is 1.81. The Kier molecular flexibility index (Phi) is 3.78. The SMILES string of the molecule is CC(C)Oc1ccc2nc(CCC#N)ccc2c1. The highest BCUT2D eigenvalue weighted by Crippen LogP contribution is 2.21. The van der Waals surface area contributed by atoms with E-state index >= 15 is 0 Å². The molecule has 0 atom stereocenters. The van der Waals surface area contributed by atoms with Crippen LogP contribution in [0.2, 0.25) is 0 Å². The van der Waals surface area contributed by atoms with E-state index in [-0.39, 0.29) is 6.10 Å². The summed E-state index contributed by atoms with van der Waals surface area (Å²) in [7, 11) is 0. The van der Waals surface area contributed by atoms with Crippen LogP contribution in [-0.4, -0.2) is 11.1 Å². The van der Waals surface area contributed by atoms with Crippen molar-refractivity contribution >= 4 is 10.9 Å². The van der Waals surface area contributed by atoms with Gasteiger partial charge in [-0.15, -0.1) is 0 Å². The molecule has 0 N–H and O–H groups in total. The van der Waals surface area contributed by atoms with Gasteiger partial charge in [0.25, 0.3) is 0 Å². The van der Waals surface area contributed by atoms with Crippen LogP contribution in [0.25, 0.3) is 10.9 Å². The summed E-state index contributed by atoms with van der Waals surface area (Å²) >= 11 is 0. The number of benzene rings is 1. The molecular weight excluding hydrogens is 224 g/mol. The first kappa shape index (κ1) is 12.4. The summed E-state index contributed by atoms with van der Waals surface area (Å²) in [6.07, 6.45) is 1.38. The molecule has 18 heavy (non-hydrogen) atoms. The standard InChI is InChI=1S/C15H16N2O/c1-11(2)18-14-7-8-15-12(10-14)5-6-13(17-15)4-3-9-16/h5-8,10-11H,3-4H2,1-2H3. The fraction of sp³-hybridized carbons (Fsp3) is 0.333. The predicted molar refractivity (Wildman–Crippen MR) is 71.4 cm³/mol. The molecule has 0 fully saturated rings. The zero-order chi connectivity index (χ0) is 13.0. The van der Waals surface area contributed by atoms with Crippen LogP contribution in [0.15, 0.2) is 30.3 Å². The number of aryl methyl sites for hydroxylation is 1. The molecule has 1 aromatic heterocycles. The summed E-state index contributed by atoms with van der Waals surface area (Å²) in [4.78, 5) is 4.53. The second-order valence-corrected chi connectivity index (χ2v) is 4.48. The molecule has 1 aromatic carbocycles. The maximum Gasteiger partial charge on any atom is 0.120 e. The molecule has 3 heteroatoms. The number of pyridine rings is 1. The van der Waals surface area contributed by atoms with Gasteiger partial charge >= 0.3 is 0 Å². The van der Waals surface area contributed by atoms with E-state index in [9.17, 15) is 0 Å². The fourth-order valence-electron chi connectivity index (χ4n) is 1.81. The van der Waals surface area contributed by atoms with E-state index in [1.807, 2.05) is 44.2 Å². The number of nitriles is 1. The van der Waals surface area contributed by atoms with Crippen LogP contribution < -0.4 is 4.74 Å². The van der Waals surface area contributed by atoms with Crippen LogP contribution in [0.1, 0.15) is 26.0 Å². The Labute approximate surface area is 107 Å². The minimum Gasteiger partial charge on any atom is -0.491 e. The van der Waals surface area contributed by atoms with Crippen LogP contribution >= 0.6 is 0 Å². The lowest BCUT2D eigenvalue weighted by molar-refractivity contribution is 0.243. The third-order valence-corrected chi connectivity index (χ3v) is 2.58. The highest BCUT2D eigenvalue weighted by atomic mass is 16.5. The Morgan fingerprint density at radius 2 is 2.11 bits per heavy atom. The molecule has 0 aliphatic heterocycles. The van der Waals surface area contributed by atoms with Crippen LogP contribution in [0.3, 0.4) is 0 Å². The van der Waals surface area contributed by atoms with Crippen LogP contribution in [-0.2, 0) is 6.42 Å². The van der Waals surface area contributed by atoms with Gasteiger partial charge < -0.3 is 4.74 Å². The molecule has 0 aliphatic carbocycles. The first-order valence-corrected chi connectivity index (χ1v) is 6.12. The molecule has 0 saturated heterocycles. The van der Waals surface area contributed by atoms with Gasteiger partial charge in [0.2, 0.25) is 0 Å². The monoisotopic (exact) mass is 240 g/mol. The third-order valence-electron chi connectivity index (χ3n) is 2.58. The Balaban J connectivity index is 2.27. The van der Waals surface area contributed by atoms with Crippen molar-refractivity contribution in [1.29, 1.82) is 5.26 Å². The number of rotatable bonds is 4. The first-order chi connectivity index (χ1) is 8.69. The van der Waals surface area contributed by atoms with Gasteiger partial charge in [0, 0.05) is 23.9 Å². The van der Waals surface area contributed by atoms with Crippen molar-refractivity contribution in [2.45, 2.75) is 32.8 Å². The van der Waals surface area contributed by atoms with Crippen LogP contribution in [0.5, 0.6) is 5.75 Å². The van der Waals surface area contributed by atoms with Gasteiger partial charge in [-0.1, -0.05) is 6.07 Å². The average Bonchev–Trinajstić information content (AvgIpc) is 2.35. The second kappa shape index (κ2) is 5.50. The van der Waals surface area contributed by atoms with Crippen molar-refractivity contribution in [3.05, 3.63) is 36.0 Å². The lowest BCUT2D eigenvalue weighted by Gasteiger charge is -2.10. The van der Waals surface area contributed by atoms with Gasteiger partial charge in [-0.3, -0.25) is 4.98 Å². The van der Waals surface area contributed by atoms with Gasteiger partial charge in [0.05, 0.1) is 17.7 Å². The molecule has 0 aliphatic rings. The quantitative estimate of drug-likeness (QED) is 0.821. The maximum atomic E-state index is 8.57. The summed E-state index contributed by atoms with van der Waals surface area (Å²) in [6, 6.07) is 12.0. The van der Waals surface area contributed by atoms with Gasteiger partial charge in [-0.25, -0.2) is 0 Å². The normalized spacial score (nSPS) is 10.6. The van der Waals surface area contributed by atoms with Crippen molar-refractivity contribution in [2.75, 3.05) is 0 Å². The summed E-state index contributed by atoms with van der Waals surface area (Å²) in [5.74, 6) is 0.865. The molecule has 0 spiro atoms. The van der Waals surface area contributed by atoms with Gasteiger partial charge in [-0.2, -0.15) is 5.26 Å². The maximum absolute atomic E-state index is 8.57. The molecule has 2 aromatic rings. The molecule has 92 valence electrons. The lowest BCUT2D eigenvalue weighted by Crippen LogP contribution is -2.05. The summed E-state index contributed by atoms with van der Waals surface area (Å²) in [5.41, 5.74) is 1.91. The topological polar surface area (TPSA) is 45.9 Å². The van der Waals surface area contributed by atoms with E-state index in [2.05, 4.69) is 11.1 Å². The number of aromatic nitrogens is 1. The Morgan fingerprint density at radius 1 is 1.28 bits per heavy atom. The minimum atomic E-state index is 0.172. The van der Waals surface area contributed by atoms with Crippen LogP contribution in [0.4, 0.5) is 0 Å². The second-order valence-electron chi connectivity index (χ2n) is 4.48. The Hall–Kier alpha value is -2.08. The molecule has 2 rings (SSSR count). The number of fused-ring (bicyclic) bond motifs is 1. The van der Waals surface area contributed by atoms with E-state index in [1.165, 1.54) is 0 Å². The van der Waals surface area contributed by atoms with E-state index in [1.54, 1.807) is 0 Å². The third kappa shape index (κ3) is 2.98. The van der Waals surface area contributed by atoms with Gasteiger partial charge in [-0.05, 0) is 38.1 Å². The van der Waals surface area contributed by atoms with E-state index < -0.39 is 0 Å². The van der Waals surface area contributed by atoms with Crippen molar-refractivity contribution in [3.63, 3.8) is 0 Å². The lowest BCUT2D eigenvalue weighted by atomic mass is 10.1. The van der Waals surface area contributed by atoms with Crippen molar-refractivity contribution in [2.24, 2.45) is 0 Å². The summed E-state index contributed by atoms with van der Waals surface area (Å²) in [6.45, 7) is 4.01. The Bertz CT molecular complexity index is 585. The molecule has 0 radical (unpaired) electrons. The first-order valence-electron chi connectivity index (χ1n) is 6.12. The molecule has 0 saturated carbocycles. The number of nitrogens with zero attached hydrogens (tertiary/aromatic N) is 2. The number of ether oxygens (including phenoxy) is 1. The number of hydrogen-bond acceptors (Lipinski definition) is 3. The summed E-state index contributed by atoms with van der Waals surface area (Å²) in [5, 5.41) is 9.63. The van der Waals surface area contributed by atoms with Crippen molar-refractivity contribution in [1.82, 2.24) is 4.98 Å². The molecule has 0 amide bonds. The molecule has 3 nitrogen and oxygen atoms in total. The molecule has 0 bridgehead atoms. The minimum absolute atomic E-state index is 0.172. The largest absolute Gasteiger partial charge is 0.491 e. The zero-order valence-electron chi connectivity index (χ0n) is 10.7. The van der Waals surface area contributed by atoms with Crippen molar-refractivity contribution < 1.29 is 4.74 Å². The molecule has 1 heterocycles. The highest BCUT2D eigenvalue weighted by Gasteiger charge is 2.02. The van der Waals surface area contributed by atoms with Crippen molar-refractivity contribution in [3.8, 4) is 11.8 Å². The van der Waals surface area contributed by atoms with Crippen LogP contribution in [0, 0.1) is 11.3 Å². The van der Waals surface area contributed by atoms with Gasteiger partial charge in [0.1, 0.15) is 5.75 Å². The number of hydrogen-bond donors (Lipinski definition) is 0. The predicted octanol–water partition coefficient (Wildman–Crippen LogP) is 3.48.